The lowest BCUT2D eigenvalue weighted by Crippen LogP contribution is -2.57. The average molecular weight is 305 g/mol. The molecule has 0 saturated heterocycles. The summed E-state index contributed by atoms with van der Waals surface area (Å²) < 4.78 is 39.4. The van der Waals surface area contributed by atoms with Crippen molar-refractivity contribution in [3.05, 3.63) is 35.9 Å². The third kappa shape index (κ3) is 3.33. The number of alkyl halides is 3. The summed E-state index contributed by atoms with van der Waals surface area (Å²) in [5, 5.41) is 20.4. The van der Waals surface area contributed by atoms with Gasteiger partial charge in [-0.3, -0.25) is 4.79 Å². The number of nitrogens with one attached hydrogen (secondary N) is 1. The predicted molar refractivity (Wildman–Crippen MR) is 66.3 cm³/mol. The Kier molecular flexibility index (Phi) is 4.95. The van der Waals surface area contributed by atoms with Gasteiger partial charge in [0.15, 0.2) is 0 Å². The van der Waals surface area contributed by atoms with Gasteiger partial charge in [0.05, 0.1) is 0 Å². The Morgan fingerprint density at radius 1 is 1.24 bits per heavy atom. The van der Waals surface area contributed by atoms with Crippen molar-refractivity contribution in [3.8, 4) is 0 Å². The molecule has 0 saturated carbocycles. The van der Waals surface area contributed by atoms with Crippen molar-refractivity contribution in [2.75, 3.05) is 0 Å². The predicted octanol–water partition coefficient (Wildman–Crippen LogP) is 1.42. The summed E-state index contributed by atoms with van der Waals surface area (Å²) in [6, 6.07) is 4.24. The van der Waals surface area contributed by atoms with Gasteiger partial charge in [-0.25, -0.2) is 4.79 Å². The number of benzene rings is 1. The molecule has 3 N–H and O–H groups in total. The summed E-state index contributed by atoms with van der Waals surface area (Å²) in [5.74, 6) is -3.31. The van der Waals surface area contributed by atoms with Crippen LogP contribution in [0.5, 0.6) is 0 Å². The van der Waals surface area contributed by atoms with E-state index in [2.05, 4.69) is 0 Å². The zero-order valence-corrected chi connectivity index (χ0v) is 11.0. The Balaban J connectivity index is 3.21. The molecule has 0 aliphatic rings. The van der Waals surface area contributed by atoms with E-state index in [1.807, 2.05) is 0 Å². The van der Waals surface area contributed by atoms with E-state index in [0.717, 1.165) is 12.1 Å². The van der Waals surface area contributed by atoms with Crippen LogP contribution in [0.25, 0.3) is 0 Å². The van der Waals surface area contributed by atoms with Crippen LogP contribution in [0, 0.1) is 0 Å². The van der Waals surface area contributed by atoms with Gasteiger partial charge in [0, 0.05) is 5.56 Å². The minimum atomic E-state index is -5.30. The molecular weight excluding hydrogens is 291 g/mol. The summed E-state index contributed by atoms with van der Waals surface area (Å²) >= 11 is 0. The maximum absolute atomic E-state index is 13.1. The van der Waals surface area contributed by atoms with E-state index in [-0.39, 0.29) is 6.42 Å². The number of hydrogen-bond donors (Lipinski definition) is 3. The van der Waals surface area contributed by atoms with E-state index < -0.39 is 35.3 Å². The maximum Gasteiger partial charge on any atom is 0.430 e. The highest BCUT2D eigenvalue weighted by atomic mass is 19.4. The van der Waals surface area contributed by atoms with Crippen LogP contribution < -0.4 is 5.32 Å². The van der Waals surface area contributed by atoms with Crippen molar-refractivity contribution in [2.45, 2.75) is 31.2 Å². The largest absolute Gasteiger partial charge is 0.480 e. The average Bonchev–Trinajstić information content (AvgIpc) is 2.42. The second kappa shape index (κ2) is 6.13. The van der Waals surface area contributed by atoms with E-state index in [0.29, 0.717) is 0 Å². The fourth-order valence-corrected chi connectivity index (χ4v) is 1.70. The summed E-state index contributed by atoms with van der Waals surface area (Å²) in [4.78, 5) is 22.6. The first-order valence-electron chi connectivity index (χ1n) is 6.03. The van der Waals surface area contributed by atoms with E-state index >= 15 is 0 Å². The molecule has 8 heteroatoms. The minimum Gasteiger partial charge on any atom is -0.480 e. The molecule has 2 atom stereocenters. The Hall–Kier alpha value is -2.09. The van der Waals surface area contributed by atoms with Crippen molar-refractivity contribution in [1.29, 1.82) is 0 Å². The van der Waals surface area contributed by atoms with E-state index in [9.17, 15) is 27.9 Å². The third-order valence-corrected chi connectivity index (χ3v) is 2.94. The molecular formula is C13H14F3NO4. The van der Waals surface area contributed by atoms with Crippen molar-refractivity contribution in [2.24, 2.45) is 0 Å². The lowest BCUT2D eigenvalue weighted by atomic mass is 9.91. The van der Waals surface area contributed by atoms with Crippen LogP contribution >= 0.6 is 0 Å². The number of carboxylic acid groups (broad SMARTS) is 1. The third-order valence-electron chi connectivity index (χ3n) is 2.94. The van der Waals surface area contributed by atoms with Gasteiger partial charge in [-0.2, -0.15) is 13.2 Å². The molecule has 1 amide bonds. The van der Waals surface area contributed by atoms with Crippen LogP contribution in [0.3, 0.4) is 0 Å². The maximum atomic E-state index is 13.1. The van der Waals surface area contributed by atoms with Gasteiger partial charge in [0.1, 0.15) is 6.04 Å². The van der Waals surface area contributed by atoms with Gasteiger partial charge in [0.25, 0.3) is 11.5 Å². The highest BCUT2D eigenvalue weighted by Gasteiger charge is 2.61. The molecule has 0 spiro atoms. The molecule has 2 unspecified atom stereocenters. The Bertz CT molecular complexity index is 518. The fourth-order valence-electron chi connectivity index (χ4n) is 1.70. The van der Waals surface area contributed by atoms with Gasteiger partial charge < -0.3 is 15.5 Å². The molecule has 0 aliphatic carbocycles. The normalized spacial score (nSPS) is 15.9. The lowest BCUT2D eigenvalue weighted by molar-refractivity contribution is -0.257. The molecule has 1 rings (SSSR count). The van der Waals surface area contributed by atoms with Crippen LogP contribution in [0.1, 0.15) is 18.9 Å². The number of halogens is 3. The number of carbonyl (C=O) groups is 2. The zero-order valence-electron chi connectivity index (χ0n) is 11.0. The number of aliphatic carboxylic acids is 1. The van der Waals surface area contributed by atoms with Crippen LogP contribution in [0.4, 0.5) is 13.2 Å². The molecule has 1 aromatic rings. The molecule has 1 aromatic carbocycles. The van der Waals surface area contributed by atoms with Crippen LogP contribution in [0.15, 0.2) is 30.3 Å². The molecule has 0 radical (unpaired) electrons. The van der Waals surface area contributed by atoms with E-state index in [1.165, 1.54) is 25.1 Å². The number of hydrogen-bond acceptors (Lipinski definition) is 3. The number of aliphatic hydroxyl groups is 1. The molecule has 116 valence electrons. The molecule has 0 fully saturated rings. The summed E-state index contributed by atoms with van der Waals surface area (Å²) in [6.07, 6.45) is -5.42. The first kappa shape index (κ1) is 17.0. The van der Waals surface area contributed by atoms with Gasteiger partial charge in [0.2, 0.25) is 0 Å². The quantitative estimate of drug-likeness (QED) is 0.768. The van der Waals surface area contributed by atoms with Crippen LogP contribution in [-0.4, -0.2) is 34.3 Å². The van der Waals surface area contributed by atoms with Gasteiger partial charge in [-0.15, -0.1) is 0 Å². The van der Waals surface area contributed by atoms with Crippen molar-refractivity contribution in [3.63, 3.8) is 0 Å². The smallest absolute Gasteiger partial charge is 0.430 e. The summed E-state index contributed by atoms with van der Waals surface area (Å²) in [7, 11) is 0. The second-order valence-electron chi connectivity index (χ2n) is 4.35. The zero-order chi connectivity index (χ0) is 16.3. The van der Waals surface area contributed by atoms with Crippen molar-refractivity contribution >= 4 is 11.9 Å². The standard InChI is InChI=1S/C13H14F3NO4/c1-2-9(10(18)19)17-11(20)12(21,13(14,15)16)8-6-4-3-5-7-8/h3-7,9,21H,2H2,1H3,(H,17,20)(H,18,19). The van der Waals surface area contributed by atoms with E-state index in [4.69, 9.17) is 5.11 Å². The molecule has 21 heavy (non-hydrogen) atoms. The highest BCUT2D eigenvalue weighted by Crippen LogP contribution is 2.39. The lowest BCUT2D eigenvalue weighted by Gasteiger charge is -2.30. The first-order valence-corrected chi connectivity index (χ1v) is 6.03. The van der Waals surface area contributed by atoms with Crippen molar-refractivity contribution in [1.82, 2.24) is 5.32 Å². The Morgan fingerprint density at radius 3 is 2.14 bits per heavy atom. The van der Waals surface area contributed by atoms with Gasteiger partial charge in [-0.05, 0) is 6.42 Å². The number of rotatable bonds is 5. The second-order valence-corrected chi connectivity index (χ2v) is 4.35. The van der Waals surface area contributed by atoms with Gasteiger partial charge in [-0.1, -0.05) is 37.3 Å². The summed E-state index contributed by atoms with van der Waals surface area (Å²) in [6.45, 7) is 1.38. The molecule has 5 nitrogen and oxygen atoms in total. The topological polar surface area (TPSA) is 86.6 Å². The number of amides is 1. The Morgan fingerprint density at radius 2 is 1.76 bits per heavy atom. The monoisotopic (exact) mass is 305 g/mol. The number of carboxylic acids is 1. The number of carbonyl (C=O) groups excluding carboxylic acids is 1. The fraction of sp³-hybridized carbons (Fsp3) is 0.385. The Labute approximate surface area is 118 Å². The van der Waals surface area contributed by atoms with Gasteiger partial charge >= 0.3 is 12.1 Å². The minimum absolute atomic E-state index is 0.121. The van der Waals surface area contributed by atoms with E-state index in [1.54, 1.807) is 5.32 Å². The summed E-state index contributed by atoms with van der Waals surface area (Å²) in [5.41, 5.74) is -4.49. The molecule has 0 heterocycles. The first-order chi connectivity index (χ1) is 9.64. The van der Waals surface area contributed by atoms with Crippen molar-refractivity contribution < 1.29 is 33.0 Å². The van der Waals surface area contributed by atoms with Crippen LogP contribution in [-0.2, 0) is 15.2 Å². The molecule has 0 aliphatic heterocycles. The van der Waals surface area contributed by atoms with Crippen LogP contribution in [0.2, 0.25) is 0 Å². The SMILES string of the molecule is CCC(NC(=O)C(O)(c1ccccc1)C(F)(F)F)C(=O)O. The molecule has 0 aromatic heterocycles. The highest BCUT2D eigenvalue weighted by molar-refractivity contribution is 5.90. The molecule has 0 bridgehead atoms.